The van der Waals surface area contributed by atoms with Crippen LogP contribution >= 0.6 is 11.6 Å². The lowest BCUT2D eigenvalue weighted by molar-refractivity contribution is -0.274. The molecule has 0 bridgehead atoms. The third-order valence-electron chi connectivity index (χ3n) is 4.37. The Labute approximate surface area is 173 Å². The van der Waals surface area contributed by atoms with Gasteiger partial charge in [-0.25, -0.2) is 4.79 Å². The van der Waals surface area contributed by atoms with Crippen molar-refractivity contribution >= 4 is 35.1 Å². The second-order valence-electron chi connectivity index (χ2n) is 6.57. The molecule has 158 valence electrons. The smallest absolute Gasteiger partial charge is 0.406 e. The third kappa shape index (κ3) is 4.65. The van der Waals surface area contributed by atoms with Gasteiger partial charge < -0.3 is 15.4 Å². The maximum Gasteiger partial charge on any atom is 0.573 e. The zero-order valence-corrected chi connectivity index (χ0v) is 16.2. The van der Waals surface area contributed by atoms with E-state index in [1.807, 2.05) is 0 Å². The minimum Gasteiger partial charge on any atom is -0.406 e. The minimum absolute atomic E-state index is 0.232. The number of nitrogens with zero attached hydrogens (tertiary/aromatic N) is 1. The van der Waals surface area contributed by atoms with Gasteiger partial charge in [-0.3, -0.25) is 14.5 Å². The summed E-state index contributed by atoms with van der Waals surface area (Å²) in [6, 6.07) is 9.97. The number of nitrogens with one attached hydrogen (secondary N) is 2. The van der Waals surface area contributed by atoms with Gasteiger partial charge in [0, 0.05) is 10.7 Å². The van der Waals surface area contributed by atoms with Gasteiger partial charge in [-0.1, -0.05) is 23.7 Å². The maximum atomic E-state index is 12.8. The summed E-state index contributed by atoms with van der Waals surface area (Å²) >= 11 is 5.77. The van der Waals surface area contributed by atoms with E-state index in [1.165, 1.54) is 19.1 Å². The molecule has 4 amide bonds. The predicted octanol–water partition coefficient (Wildman–Crippen LogP) is 3.64. The summed E-state index contributed by atoms with van der Waals surface area (Å²) in [7, 11) is 0. The van der Waals surface area contributed by atoms with Gasteiger partial charge >= 0.3 is 12.4 Å². The van der Waals surface area contributed by atoms with Crippen molar-refractivity contribution in [1.29, 1.82) is 0 Å². The normalized spacial score (nSPS) is 18.9. The molecule has 1 atom stereocenters. The number of ether oxygens (including phenoxy) is 1. The highest BCUT2D eigenvalue weighted by Gasteiger charge is 2.49. The van der Waals surface area contributed by atoms with Crippen LogP contribution in [0.2, 0.25) is 5.02 Å². The van der Waals surface area contributed by atoms with Crippen LogP contribution in [0.3, 0.4) is 0 Å². The Hall–Kier alpha value is -3.27. The first-order valence-corrected chi connectivity index (χ1v) is 8.91. The molecule has 30 heavy (non-hydrogen) atoms. The van der Waals surface area contributed by atoms with Crippen LogP contribution < -0.4 is 15.4 Å². The fraction of sp³-hybridized carbons (Fsp3) is 0.211. The van der Waals surface area contributed by atoms with Crippen molar-refractivity contribution in [2.75, 3.05) is 11.9 Å². The first-order chi connectivity index (χ1) is 14.0. The highest BCUT2D eigenvalue weighted by molar-refractivity contribution is 6.30. The van der Waals surface area contributed by atoms with E-state index in [1.54, 1.807) is 24.3 Å². The monoisotopic (exact) mass is 441 g/mol. The molecule has 3 rings (SSSR count). The van der Waals surface area contributed by atoms with Gasteiger partial charge in [-0.15, -0.1) is 13.2 Å². The van der Waals surface area contributed by atoms with Crippen molar-refractivity contribution in [3.63, 3.8) is 0 Å². The summed E-state index contributed by atoms with van der Waals surface area (Å²) in [4.78, 5) is 38.1. The highest BCUT2D eigenvalue weighted by Crippen LogP contribution is 2.31. The molecule has 0 saturated carbocycles. The zero-order valence-electron chi connectivity index (χ0n) is 15.4. The topological polar surface area (TPSA) is 87.7 Å². The standard InChI is InChI=1S/C19H15ClF3N3O4/c1-18(11-2-8-14(9-3-11)30-19(21,22)23)16(28)26(17(29)25-18)10-15(27)24-13-6-4-12(20)5-7-13/h2-9H,10H2,1H3,(H,24,27)(H,25,29). The number of hydrogen-bond acceptors (Lipinski definition) is 4. The first-order valence-electron chi connectivity index (χ1n) is 8.54. The molecule has 2 aromatic carbocycles. The molecule has 0 spiro atoms. The Bertz CT molecular complexity index is 980. The van der Waals surface area contributed by atoms with Crippen LogP contribution in [-0.2, 0) is 15.1 Å². The largest absolute Gasteiger partial charge is 0.573 e. The van der Waals surface area contributed by atoms with Gasteiger partial charge in [-0.05, 0) is 48.9 Å². The number of carbonyl (C=O) groups is 3. The number of benzene rings is 2. The lowest BCUT2D eigenvalue weighted by atomic mass is 9.92. The molecule has 1 fully saturated rings. The fourth-order valence-corrected chi connectivity index (χ4v) is 3.03. The van der Waals surface area contributed by atoms with Gasteiger partial charge in [0.05, 0.1) is 0 Å². The van der Waals surface area contributed by atoms with E-state index in [-0.39, 0.29) is 5.56 Å². The van der Waals surface area contributed by atoms with E-state index in [0.29, 0.717) is 10.7 Å². The molecule has 1 unspecified atom stereocenters. The number of hydrogen-bond donors (Lipinski definition) is 2. The molecule has 1 aliphatic heterocycles. The van der Waals surface area contributed by atoms with Gasteiger partial charge in [0.25, 0.3) is 5.91 Å². The number of halogens is 4. The van der Waals surface area contributed by atoms with E-state index in [0.717, 1.165) is 17.0 Å². The van der Waals surface area contributed by atoms with Gasteiger partial charge in [0.1, 0.15) is 17.8 Å². The van der Waals surface area contributed by atoms with Crippen LogP contribution in [0.5, 0.6) is 5.75 Å². The van der Waals surface area contributed by atoms with E-state index in [2.05, 4.69) is 15.4 Å². The van der Waals surface area contributed by atoms with Crippen molar-refractivity contribution in [2.24, 2.45) is 0 Å². The predicted molar refractivity (Wildman–Crippen MR) is 101 cm³/mol. The summed E-state index contributed by atoms with van der Waals surface area (Å²) in [5.41, 5.74) is -0.885. The Kier molecular flexibility index (Phi) is 5.62. The van der Waals surface area contributed by atoms with Crippen molar-refractivity contribution < 1.29 is 32.3 Å². The average molecular weight is 442 g/mol. The number of imide groups is 1. The van der Waals surface area contributed by atoms with Crippen LogP contribution in [0.25, 0.3) is 0 Å². The molecular formula is C19H15ClF3N3O4. The van der Waals surface area contributed by atoms with Crippen LogP contribution in [0.15, 0.2) is 48.5 Å². The average Bonchev–Trinajstić information content (AvgIpc) is 2.87. The summed E-state index contributed by atoms with van der Waals surface area (Å²) < 4.78 is 40.7. The van der Waals surface area contributed by atoms with E-state index in [9.17, 15) is 27.6 Å². The van der Waals surface area contributed by atoms with Crippen LogP contribution in [0, 0.1) is 0 Å². The number of urea groups is 1. The summed E-state index contributed by atoms with van der Waals surface area (Å²) in [6.45, 7) is 0.849. The molecule has 7 nitrogen and oxygen atoms in total. The molecule has 2 N–H and O–H groups in total. The molecular weight excluding hydrogens is 427 g/mol. The minimum atomic E-state index is -4.85. The second-order valence-corrected chi connectivity index (χ2v) is 7.01. The van der Waals surface area contributed by atoms with Crippen molar-refractivity contribution in [1.82, 2.24) is 10.2 Å². The van der Waals surface area contributed by atoms with E-state index in [4.69, 9.17) is 11.6 Å². The van der Waals surface area contributed by atoms with Crippen LogP contribution in [0.4, 0.5) is 23.7 Å². The summed E-state index contributed by atoms with van der Waals surface area (Å²) in [6.07, 6.45) is -4.85. The number of amides is 4. The SMILES string of the molecule is CC1(c2ccc(OC(F)(F)F)cc2)NC(=O)N(CC(=O)Nc2ccc(Cl)cc2)C1=O. The quantitative estimate of drug-likeness (QED) is 0.693. The molecule has 1 aliphatic rings. The molecule has 2 aromatic rings. The summed E-state index contributed by atoms with van der Waals surface area (Å²) in [5.74, 6) is -1.80. The Morgan fingerprint density at radius 2 is 1.73 bits per heavy atom. The summed E-state index contributed by atoms with van der Waals surface area (Å²) in [5, 5.41) is 5.48. The lowest BCUT2D eigenvalue weighted by Crippen LogP contribution is -2.42. The van der Waals surface area contributed by atoms with Crippen LogP contribution in [-0.4, -0.2) is 35.7 Å². The second kappa shape index (κ2) is 7.86. The number of rotatable bonds is 5. The number of alkyl halides is 3. The number of carbonyl (C=O) groups excluding carboxylic acids is 3. The molecule has 1 saturated heterocycles. The highest BCUT2D eigenvalue weighted by atomic mass is 35.5. The van der Waals surface area contributed by atoms with Crippen molar-refractivity contribution in [2.45, 2.75) is 18.8 Å². The van der Waals surface area contributed by atoms with Gasteiger partial charge in [-0.2, -0.15) is 0 Å². The first kappa shape index (κ1) is 21.4. The van der Waals surface area contributed by atoms with Gasteiger partial charge in [0.15, 0.2) is 0 Å². The Morgan fingerprint density at radius 1 is 1.13 bits per heavy atom. The molecule has 1 heterocycles. The maximum absolute atomic E-state index is 12.8. The third-order valence-corrected chi connectivity index (χ3v) is 4.62. The van der Waals surface area contributed by atoms with Crippen molar-refractivity contribution in [3.8, 4) is 5.75 Å². The molecule has 0 aromatic heterocycles. The molecule has 0 aliphatic carbocycles. The molecule has 11 heteroatoms. The fourth-order valence-electron chi connectivity index (χ4n) is 2.90. The Morgan fingerprint density at radius 3 is 2.30 bits per heavy atom. The molecule has 0 radical (unpaired) electrons. The Balaban J connectivity index is 1.71. The van der Waals surface area contributed by atoms with Crippen molar-refractivity contribution in [3.05, 3.63) is 59.1 Å². The van der Waals surface area contributed by atoms with Crippen LogP contribution in [0.1, 0.15) is 12.5 Å². The van der Waals surface area contributed by atoms with E-state index >= 15 is 0 Å². The lowest BCUT2D eigenvalue weighted by Gasteiger charge is -2.22. The van der Waals surface area contributed by atoms with E-state index < -0.39 is 42.0 Å². The van der Waals surface area contributed by atoms with Gasteiger partial charge in [0.2, 0.25) is 5.91 Å². The zero-order chi connectivity index (χ0) is 22.1. The number of anilines is 1.